The quantitative estimate of drug-likeness (QED) is 0.703. The van der Waals surface area contributed by atoms with E-state index in [1.807, 2.05) is 0 Å². The van der Waals surface area contributed by atoms with E-state index in [0.29, 0.717) is 13.0 Å². The second kappa shape index (κ2) is 4.54. The largest absolute Gasteiger partial charge is 0.384 e. The van der Waals surface area contributed by atoms with Crippen molar-refractivity contribution in [1.82, 2.24) is 0 Å². The van der Waals surface area contributed by atoms with Gasteiger partial charge in [0, 0.05) is 12.2 Å². The number of fused-ring (bicyclic) bond motifs is 3. The predicted molar refractivity (Wildman–Crippen MR) is 73.4 cm³/mol. The highest BCUT2D eigenvalue weighted by atomic mass is 14.9. The lowest BCUT2D eigenvalue weighted by Gasteiger charge is -2.06. The van der Waals surface area contributed by atoms with Crippen LogP contribution in [-0.4, -0.2) is 6.54 Å². The molecule has 0 bridgehead atoms. The van der Waals surface area contributed by atoms with Crippen molar-refractivity contribution >= 4 is 5.69 Å². The molecule has 0 aromatic heterocycles. The standard InChI is InChI=1S/C16H14N2/c17-8-3-9-18-14-6-7-16-13(11-14)10-12-4-1-2-5-15(12)16/h1-2,4-7,11,18H,3,9-10H2. The van der Waals surface area contributed by atoms with E-state index >= 15 is 0 Å². The maximum atomic E-state index is 8.53. The van der Waals surface area contributed by atoms with Crippen molar-refractivity contribution in [2.45, 2.75) is 12.8 Å². The highest BCUT2D eigenvalue weighted by Gasteiger charge is 2.17. The van der Waals surface area contributed by atoms with Crippen LogP contribution < -0.4 is 5.32 Å². The first kappa shape index (κ1) is 10.9. The average Bonchev–Trinajstić information content (AvgIpc) is 2.76. The van der Waals surface area contributed by atoms with Gasteiger partial charge in [-0.2, -0.15) is 5.26 Å². The molecule has 2 aromatic rings. The second-order valence-corrected chi connectivity index (χ2v) is 4.54. The van der Waals surface area contributed by atoms with Crippen LogP contribution in [0.2, 0.25) is 0 Å². The lowest BCUT2D eigenvalue weighted by Crippen LogP contribution is -2.00. The van der Waals surface area contributed by atoms with Crippen molar-refractivity contribution in [3.8, 4) is 17.2 Å². The average molecular weight is 234 g/mol. The Morgan fingerprint density at radius 1 is 1.06 bits per heavy atom. The number of rotatable bonds is 3. The summed E-state index contributed by atoms with van der Waals surface area (Å²) >= 11 is 0. The number of hydrogen-bond donors (Lipinski definition) is 1. The number of hydrogen-bond acceptors (Lipinski definition) is 2. The molecule has 0 spiro atoms. The Morgan fingerprint density at radius 3 is 2.78 bits per heavy atom. The van der Waals surface area contributed by atoms with Gasteiger partial charge in [0.2, 0.25) is 0 Å². The van der Waals surface area contributed by atoms with E-state index in [-0.39, 0.29) is 0 Å². The van der Waals surface area contributed by atoms with E-state index in [4.69, 9.17) is 5.26 Å². The van der Waals surface area contributed by atoms with Gasteiger partial charge in [0.25, 0.3) is 0 Å². The first-order valence-electron chi connectivity index (χ1n) is 6.20. The fraction of sp³-hybridized carbons (Fsp3) is 0.188. The first-order chi connectivity index (χ1) is 8.88. The van der Waals surface area contributed by atoms with Gasteiger partial charge in [-0.25, -0.2) is 0 Å². The zero-order valence-electron chi connectivity index (χ0n) is 10.1. The van der Waals surface area contributed by atoms with E-state index in [1.165, 1.54) is 22.3 Å². The van der Waals surface area contributed by atoms with Gasteiger partial charge in [0.1, 0.15) is 0 Å². The molecule has 2 aromatic carbocycles. The van der Waals surface area contributed by atoms with Crippen molar-refractivity contribution < 1.29 is 0 Å². The van der Waals surface area contributed by atoms with E-state index in [0.717, 1.165) is 12.1 Å². The van der Waals surface area contributed by atoms with Crippen molar-refractivity contribution in [3.05, 3.63) is 53.6 Å². The first-order valence-corrected chi connectivity index (χ1v) is 6.20. The number of nitrogens with zero attached hydrogens (tertiary/aromatic N) is 1. The molecule has 0 radical (unpaired) electrons. The summed E-state index contributed by atoms with van der Waals surface area (Å²) in [5.74, 6) is 0. The van der Waals surface area contributed by atoms with Crippen molar-refractivity contribution in [1.29, 1.82) is 5.26 Å². The Hall–Kier alpha value is -2.27. The number of benzene rings is 2. The van der Waals surface area contributed by atoms with E-state index in [1.54, 1.807) is 0 Å². The summed E-state index contributed by atoms with van der Waals surface area (Å²) in [5, 5.41) is 11.8. The van der Waals surface area contributed by atoms with Crippen LogP contribution >= 0.6 is 0 Å². The van der Waals surface area contributed by atoms with Gasteiger partial charge in [0.05, 0.1) is 12.5 Å². The summed E-state index contributed by atoms with van der Waals surface area (Å²) < 4.78 is 0. The Morgan fingerprint density at radius 2 is 1.89 bits per heavy atom. The minimum Gasteiger partial charge on any atom is -0.384 e. The maximum Gasteiger partial charge on any atom is 0.0640 e. The van der Waals surface area contributed by atoms with Crippen LogP contribution in [0.3, 0.4) is 0 Å². The molecule has 18 heavy (non-hydrogen) atoms. The van der Waals surface area contributed by atoms with Gasteiger partial charge in [-0.15, -0.1) is 0 Å². The fourth-order valence-electron chi connectivity index (χ4n) is 2.52. The molecule has 0 amide bonds. The molecule has 88 valence electrons. The summed E-state index contributed by atoms with van der Waals surface area (Å²) in [6.45, 7) is 0.711. The monoisotopic (exact) mass is 234 g/mol. The fourth-order valence-corrected chi connectivity index (χ4v) is 2.52. The topological polar surface area (TPSA) is 35.8 Å². The Bertz CT molecular complexity index is 623. The third kappa shape index (κ3) is 1.84. The van der Waals surface area contributed by atoms with Crippen LogP contribution in [0.15, 0.2) is 42.5 Å². The van der Waals surface area contributed by atoms with Crippen LogP contribution in [-0.2, 0) is 6.42 Å². The molecular formula is C16H14N2. The summed E-state index contributed by atoms with van der Waals surface area (Å²) in [6, 6.07) is 17.2. The molecule has 0 atom stereocenters. The van der Waals surface area contributed by atoms with Crippen LogP contribution in [0.4, 0.5) is 5.69 Å². The molecule has 1 N–H and O–H groups in total. The molecule has 0 aliphatic heterocycles. The lowest BCUT2D eigenvalue weighted by atomic mass is 10.1. The van der Waals surface area contributed by atoms with Crippen LogP contribution in [0, 0.1) is 11.3 Å². The second-order valence-electron chi connectivity index (χ2n) is 4.54. The van der Waals surface area contributed by atoms with Gasteiger partial charge in [-0.05, 0) is 40.8 Å². The minimum absolute atomic E-state index is 0.539. The van der Waals surface area contributed by atoms with Crippen LogP contribution in [0.5, 0.6) is 0 Å². The molecule has 0 fully saturated rings. The molecule has 0 unspecified atom stereocenters. The van der Waals surface area contributed by atoms with Crippen LogP contribution in [0.25, 0.3) is 11.1 Å². The molecule has 0 heterocycles. The molecule has 0 saturated heterocycles. The normalized spacial score (nSPS) is 11.5. The van der Waals surface area contributed by atoms with E-state index < -0.39 is 0 Å². The summed E-state index contributed by atoms with van der Waals surface area (Å²) in [5.41, 5.74) is 6.59. The number of anilines is 1. The van der Waals surface area contributed by atoms with Gasteiger partial charge in [-0.3, -0.25) is 0 Å². The number of nitriles is 1. The predicted octanol–water partition coefficient (Wildman–Crippen LogP) is 3.58. The minimum atomic E-state index is 0.539. The van der Waals surface area contributed by atoms with Crippen molar-refractivity contribution in [2.24, 2.45) is 0 Å². The Balaban J connectivity index is 1.87. The molecule has 2 nitrogen and oxygen atoms in total. The zero-order chi connectivity index (χ0) is 12.4. The van der Waals surface area contributed by atoms with Crippen LogP contribution in [0.1, 0.15) is 17.5 Å². The molecule has 3 rings (SSSR count). The summed E-state index contributed by atoms with van der Waals surface area (Å²) in [4.78, 5) is 0. The number of nitrogens with one attached hydrogen (secondary N) is 1. The lowest BCUT2D eigenvalue weighted by molar-refractivity contribution is 1.07. The smallest absolute Gasteiger partial charge is 0.0640 e. The zero-order valence-corrected chi connectivity index (χ0v) is 10.1. The highest BCUT2D eigenvalue weighted by Crippen LogP contribution is 2.37. The summed E-state index contributed by atoms with van der Waals surface area (Å²) in [7, 11) is 0. The third-order valence-electron chi connectivity index (χ3n) is 3.36. The Kier molecular flexibility index (Phi) is 2.74. The van der Waals surface area contributed by atoms with E-state index in [2.05, 4.69) is 53.9 Å². The van der Waals surface area contributed by atoms with E-state index in [9.17, 15) is 0 Å². The third-order valence-corrected chi connectivity index (χ3v) is 3.36. The van der Waals surface area contributed by atoms with Crippen molar-refractivity contribution in [2.75, 3.05) is 11.9 Å². The van der Waals surface area contributed by atoms with Gasteiger partial charge in [0.15, 0.2) is 0 Å². The maximum absolute atomic E-state index is 8.53. The van der Waals surface area contributed by atoms with Gasteiger partial charge < -0.3 is 5.32 Å². The SMILES string of the molecule is N#CCCNc1ccc2c(c1)Cc1ccccc1-2. The molecule has 1 aliphatic carbocycles. The molecule has 2 heteroatoms. The molecule has 0 saturated carbocycles. The van der Waals surface area contributed by atoms with Gasteiger partial charge in [-0.1, -0.05) is 30.3 Å². The highest BCUT2D eigenvalue weighted by molar-refractivity contribution is 5.78. The van der Waals surface area contributed by atoms with Crippen molar-refractivity contribution in [3.63, 3.8) is 0 Å². The van der Waals surface area contributed by atoms with Gasteiger partial charge >= 0.3 is 0 Å². The Labute approximate surface area is 107 Å². The summed E-state index contributed by atoms with van der Waals surface area (Å²) in [6.07, 6.45) is 1.55. The molecular weight excluding hydrogens is 220 g/mol. The molecule has 1 aliphatic rings.